The van der Waals surface area contributed by atoms with Crippen molar-refractivity contribution in [2.75, 3.05) is 0 Å². The third-order valence-electron chi connectivity index (χ3n) is 4.87. The Bertz CT molecular complexity index is 373. The Labute approximate surface area is 125 Å². The summed E-state index contributed by atoms with van der Waals surface area (Å²) in [6.07, 6.45) is 8.44. The number of hydrogen-bond donors (Lipinski definition) is 1. The molecular weight excluding hydrogens is 242 g/mol. The first-order valence-corrected chi connectivity index (χ1v) is 8.53. The number of nitrogens with one attached hydrogen (secondary N) is 1. The fourth-order valence-electron chi connectivity index (χ4n) is 3.45. The summed E-state index contributed by atoms with van der Waals surface area (Å²) < 4.78 is 0. The summed E-state index contributed by atoms with van der Waals surface area (Å²) in [5.74, 6) is 1.53. The Morgan fingerprint density at radius 2 is 1.70 bits per heavy atom. The quantitative estimate of drug-likeness (QED) is 0.745. The van der Waals surface area contributed by atoms with E-state index < -0.39 is 0 Å². The molecule has 20 heavy (non-hydrogen) atoms. The average molecular weight is 273 g/mol. The highest BCUT2D eigenvalue weighted by molar-refractivity contribution is 5.24. The van der Waals surface area contributed by atoms with E-state index in [0.717, 1.165) is 12.5 Å². The summed E-state index contributed by atoms with van der Waals surface area (Å²) in [5.41, 5.74) is 2.86. The van der Waals surface area contributed by atoms with Gasteiger partial charge in [-0.05, 0) is 42.2 Å². The first-order valence-electron chi connectivity index (χ1n) is 8.53. The van der Waals surface area contributed by atoms with Gasteiger partial charge in [0.05, 0.1) is 0 Å². The smallest absolute Gasteiger partial charge is 0.0208 e. The molecule has 1 aliphatic rings. The van der Waals surface area contributed by atoms with Gasteiger partial charge < -0.3 is 5.32 Å². The van der Waals surface area contributed by atoms with Gasteiger partial charge in [0.25, 0.3) is 0 Å². The minimum absolute atomic E-state index is 0.627. The van der Waals surface area contributed by atoms with E-state index >= 15 is 0 Å². The minimum atomic E-state index is 0.627. The molecule has 0 saturated heterocycles. The average Bonchev–Trinajstić information content (AvgIpc) is 2.49. The lowest BCUT2D eigenvalue weighted by atomic mass is 9.83. The highest BCUT2D eigenvalue weighted by atomic mass is 14.9. The molecule has 0 radical (unpaired) electrons. The molecule has 1 unspecified atom stereocenters. The molecule has 0 spiro atoms. The van der Waals surface area contributed by atoms with Crippen LogP contribution in [0.15, 0.2) is 24.3 Å². The molecule has 1 N–H and O–H groups in total. The molecule has 1 aliphatic carbocycles. The van der Waals surface area contributed by atoms with Crippen molar-refractivity contribution in [1.82, 2.24) is 5.32 Å². The van der Waals surface area contributed by atoms with Crippen LogP contribution in [0.5, 0.6) is 0 Å². The van der Waals surface area contributed by atoms with Crippen LogP contribution in [0.3, 0.4) is 0 Å². The molecule has 0 amide bonds. The molecule has 1 atom stereocenters. The standard InChI is InChI=1S/C19H31N/c1-4-19(18-8-6-5-7-9-18)20-14-16-10-12-17(13-11-16)15(2)3/h10-13,15,18-20H,4-9,14H2,1-3H3. The largest absolute Gasteiger partial charge is 0.310 e. The molecular formula is C19H31N. The van der Waals surface area contributed by atoms with Crippen molar-refractivity contribution in [3.63, 3.8) is 0 Å². The van der Waals surface area contributed by atoms with Crippen LogP contribution in [-0.4, -0.2) is 6.04 Å². The van der Waals surface area contributed by atoms with Crippen molar-refractivity contribution in [2.45, 2.75) is 77.8 Å². The normalized spacial score (nSPS) is 18.4. The number of hydrogen-bond acceptors (Lipinski definition) is 1. The predicted octanol–water partition coefficient (Wildman–Crippen LogP) is 5.26. The summed E-state index contributed by atoms with van der Waals surface area (Å²) >= 11 is 0. The molecule has 0 aromatic heterocycles. The van der Waals surface area contributed by atoms with Gasteiger partial charge in [0.15, 0.2) is 0 Å². The second-order valence-corrected chi connectivity index (χ2v) is 6.69. The van der Waals surface area contributed by atoms with Gasteiger partial charge in [-0.3, -0.25) is 0 Å². The first-order chi connectivity index (χ1) is 9.70. The first kappa shape index (κ1) is 15.6. The fourth-order valence-corrected chi connectivity index (χ4v) is 3.45. The summed E-state index contributed by atoms with van der Waals surface area (Å²) in [6.45, 7) is 7.86. The SMILES string of the molecule is CCC(NCc1ccc(C(C)C)cc1)C1CCCCC1. The third-order valence-corrected chi connectivity index (χ3v) is 4.87. The van der Waals surface area contributed by atoms with Crippen LogP contribution in [-0.2, 0) is 6.54 Å². The van der Waals surface area contributed by atoms with Crippen LogP contribution in [0.4, 0.5) is 0 Å². The van der Waals surface area contributed by atoms with Crippen molar-refractivity contribution in [1.29, 1.82) is 0 Å². The zero-order valence-corrected chi connectivity index (χ0v) is 13.5. The van der Waals surface area contributed by atoms with E-state index in [4.69, 9.17) is 0 Å². The van der Waals surface area contributed by atoms with Crippen molar-refractivity contribution in [3.05, 3.63) is 35.4 Å². The Hall–Kier alpha value is -0.820. The lowest BCUT2D eigenvalue weighted by Gasteiger charge is -2.30. The van der Waals surface area contributed by atoms with Crippen molar-refractivity contribution in [3.8, 4) is 0 Å². The summed E-state index contributed by atoms with van der Waals surface area (Å²) in [5, 5.41) is 3.80. The Morgan fingerprint density at radius 3 is 2.25 bits per heavy atom. The van der Waals surface area contributed by atoms with Gasteiger partial charge in [0, 0.05) is 12.6 Å². The maximum absolute atomic E-state index is 3.80. The lowest BCUT2D eigenvalue weighted by molar-refractivity contribution is 0.262. The monoisotopic (exact) mass is 273 g/mol. The van der Waals surface area contributed by atoms with Crippen molar-refractivity contribution in [2.24, 2.45) is 5.92 Å². The van der Waals surface area contributed by atoms with Gasteiger partial charge in [0.1, 0.15) is 0 Å². The molecule has 0 bridgehead atoms. The lowest BCUT2D eigenvalue weighted by Crippen LogP contribution is -2.36. The maximum atomic E-state index is 3.80. The Kier molecular flexibility index (Phi) is 6.09. The van der Waals surface area contributed by atoms with E-state index in [1.165, 1.54) is 49.7 Å². The van der Waals surface area contributed by atoms with E-state index in [1.807, 2.05) is 0 Å². The second-order valence-electron chi connectivity index (χ2n) is 6.69. The molecule has 1 aromatic rings. The molecule has 0 aliphatic heterocycles. The van der Waals surface area contributed by atoms with Crippen LogP contribution < -0.4 is 5.32 Å². The molecule has 1 aromatic carbocycles. The van der Waals surface area contributed by atoms with Crippen molar-refractivity contribution >= 4 is 0 Å². The maximum Gasteiger partial charge on any atom is 0.0208 e. The molecule has 112 valence electrons. The van der Waals surface area contributed by atoms with Crippen LogP contribution >= 0.6 is 0 Å². The van der Waals surface area contributed by atoms with E-state index in [-0.39, 0.29) is 0 Å². The van der Waals surface area contributed by atoms with Gasteiger partial charge in [0.2, 0.25) is 0 Å². The Morgan fingerprint density at radius 1 is 1.05 bits per heavy atom. The van der Waals surface area contributed by atoms with Gasteiger partial charge in [-0.15, -0.1) is 0 Å². The molecule has 1 heteroatoms. The topological polar surface area (TPSA) is 12.0 Å². The minimum Gasteiger partial charge on any atom is -0.310 e. The Balaban J connectivity index is 1.85. The predicted molar refractivity (Wildman–Crippen MR) is 88.0 cm³/mol. The van der Waals surface area contributed by atoms with Crippen LogP contribution in [0.1, 0.15) is 76.3 Å². The zero-order chi connectivity index (χ0) is 14.4. The van der Waals surface area contributed by atoms with E-state index in [0.29, 0.717) is 12.0 Å². The molecule has 1 fully saturated rings. The van der Waals surface area contributed by atoms with Gasteiger partial charge in [-0.25, -0.2) is 0 Å². The highest BCUT2D eigenvalue weighted by Gasteiger charge is 2.21. The van der Waals surface area contributed by atoms with E-state index in [2.05, 4.69) is 50.4 Å². The van der Waals surface area contributed by atoms with Crippen LogP contribution in [0, 0.1) is 5.92 Å². The molecule has 2 rings (SSSR count). The number of benzene rings is 1. The number of rotatable bonds is 6. The fraction of sp³-hybridized carbons (Fsp3) is 0.684. The second kappa shape index (κ2) is 7.83. The molecule has 0 heterocycles. The van der Waals surface area contributed by atoms with Crippen LogP contribution in [0.2, 0.25) is 0 Å². The van der Waals surface area contributed by atoms with Gasteiger partial charge >= 0.3 is 0 Å². The zero-order valence-electron chi connectivity index (χ0n) is 13.5. The molecule has 1 saturated carbocycles. The van der Waals surface area contributed by atoms with E-state index in [9.17, 15) is 0 Å². The van der Waals surface area contributed by atoms with Crippen LogP contribution in [0.25, 0.3) is 0 Å². The van der Waals surface area contributed by atoms with Gasteiger partial charge in [-0.1, -0.05) is 64.3 Å². The molecule has 1 nitrogen and oxygen atoms in total. The third kappa shape index (κ3) is 4.34. The van der Waals surface area contributed by atoms with Gasteiger partial charge in [-0.2, -0.15) is 0 Å². The van der Waals surface area contributed by atoms with Crippen molar-refractivity contribution < 1.29 is 0 Å². The highest BCUT2D eigenvalue weighted by Crippen LogP contribution is 2.27. The van der Waals surface area contributed by atoms with E-state index in [1.54, 1.807) is 0 Å². The summed E-state index contributed by atoms with van der Waals surface area (Å²) in [4.78, 5) is 0. The summed E-state index contributed by atoms with van der Waals surface area (Å²) in [7, 11) is 0. The summed E-state index contributed by atoms with van der Waals surface area (Å²) in [6, 6.07) is 9.85.